The predicted molar refractivity (Wildman–Crippen MR) is 76.6 cm³/mol. The van der Waals surface area contributed by atoms with Gasteiger partial charge < -0.3 is 10.1 Å². The standard InChI is InChI=1S/C10H11NO3S2.C2H6/c1-6(12)11-9(8-4-3-5-16-8)10(13)14-7(2)15;1-2/h3-5,9H,1-2H3,(H,11,12);1-2H3. The molecule has 1 aromatic heterocycles. The fourth-order valence-electron chi connectivity index (χ4n) is 1.11. The second kappa shape index (κ2) is 8.77. The van der Waals surface area contributed by atoms with Crippen LogP contribution in [0.5, 0.6) is 0 Å². The normalized spacial score (nSPS) is 10.7. The van der Waals surface area contributed by atoms with Gasteiger partial charge in [-0.15, -0.1) is 11.3 Å². The van der Waals surface area contributed by atoms with E-state index in [2.05, 4.69) is 17.5 Å². The summed E-state index contributed by atoms with van der Waals surface area (Å²) in [4.78, 5) is 23.4. The Morgan fingerprint density at radius 3 is 2.39 bits per heavy atom. The van der Waals surface area contributed by atoms with Gasteiger partial charge in [0.1, 0.15) is 0 Å². The van der Waals surface area contributed by atoms with Gasteiger partial charge >= 0.3 is 5.97 Å². The molecule has 18 heavy (non-hydrogen) atoms. The molecule has 1 unspecified atom stereocenters. The van der Waals surface area contributed by atoms with Crippen LogP contribution in [0.15, 0.2) is 17.5 Å². The molecule has 1 rings (SSSR count). The first-order valence-electron chi connectivity index (χ1n) is 5.53. The Balaban J connectivity index is 0.00000137. The van der Waals surface area contributed by atoms with Crippen molar-refractivity contribution in [2.24, 2.45) is 0 Å². The first-order valence-corrected chi connectivity index (χ1v) is 6.82. The molecule has 1 aromatic rings. The van der Waals surface area contributed by atoms with Crippen LogP contribution in [0.3, 0.4) is 0 Å². The molecule has 0 bridgehead atoms. The molecular formula is C12H17NO3S2. The highest BCUT2D eigenvalue weighted by molar-refractivity contribution is 7.80. The zero-order valence-corrected chi connectivity index (χ0v) is 12.5. The Hall–Kier alpha value is -1.27. The van der Waals surface area contributed by atoms with Crippen molar-refractivity contribution >= 4 is 40.5 Å². The van der Waals surface area contributed by atoms with Gasteiger partial charge in [-0.1, -0.05) is 19.9 Å². The molecule has 0 saturated carbocycles. The number of hydrogen-bond donors (Lipinski definition) is 1. The highest BCUT2D eigenvalue weighted by atomic mass is 32.1. The number of rotatable bonds is 3. The summed E-state index contributed by atoms with van der Waals surface area (Å²) in [6, 6.07) is 2.77. The van der Waals surface area contributed by atoms with Crippen molar-refractivity contribution < 1.29 is 14.3 Å². The van der Waals surface area contributed by atoms with Crippen LogP contribution < -0.4 is 5.32 Å². The lowest BCUT2D eigenvalue weighted by Crippen LogP contribution is -2.33. The predicted octanol–water partition coefficient (Wildman–Crippen LogP) is 2.84. The third kappa shape index (κ3) is 5.88. The van der Waals surface area contributed by atoms with E-state index in [1.54, 1.807) is 12.1 Å². The van der Waals surface area contributed by atoms with E-state index in [4.69, 9.17) is 4.74 Å². The van der Waals surface area contributed by atoms with Crippen molar-refractivity contribution in [3.63, 3.8) is 0 Å². The fourth-order valence-corrected chi connectivity index (χ4v) is 1.95. The zero-order valence-electron chi connectivity index (χ0n) is 10.9. The topological polar surface area (TPSA) is 55.4 Å². The molecule has 0 spiro atoms. The van der Waals surface area contributed by atoms with Gasteiger partial charge in [0.2, 0.25) is 5.91 Å². The lowest BCUT2D eigenvalue weighted by Gasteiger charge is -2.14. The van der Waals surface area contributed by atoms with E-state index < -0.39 is 12.0 Å². The van der Waals surface area contributed by atoms with Crippen molar-refractivity contribution in [3.05, 3.63) is 22.4 Å². The lowest BCUT2D eigenvalue weighted by molar-refractivity contribution is -0.140. The summed E-state index contributed by atoms with van der Waals surface area (Å²) in [6.07, 6.45) is 0. The number of carbonyl (C=O) groups excluding carboxylic acids is 2. The Morgan fingerprint density at radius 2 is 2.00 bits per heavy atom. The molecule has 0 aromatic carbocycles. The molecule has 0 radical (unpaired) electrons. The molecule has 0 aliphatic carbocycles. The fraction of sp³-hybridized carbons (Fsp3) is 0.417. The maximum Gasteiger partial charge on any atom is 0.340 e. The number of ether oxygens (including phenoxy) is 1. The monoisotopic (exact) mass is 287 g/mol. The van der Waals surface area contributed by atoms with E-state index in [1.165, 1.54) is 25.2 Å². The summed E-state index contributed by atoms with van der Waals surface area (Å²) in [7, 11) is 0. The molecule has 1 N–H and O–H groups in total. The molecule has 4 nitrogen and oxygen atoms in total. The van der Waals surface area contributed by atoms with Gasteiger partial charge in [0.15, 0.2) is 11.1 Å². The Bertz CT molecular complexity index is 401. The van der Waals surface area contributed by atoms with E-state index in [0.717, 1.165) is 4.88 Å². The number of thiophene rings is 1. The lowest BCUT2D eigenvalue weighted by atomic mass is 10.2. The van der Waals surface area contributed by atoms with E-state index in [-0.39, 0.29) is 11.0 Å². The summed E-state index contributed by atoms with van der Waals surface area (Å²) in [6.45, 7) is 6.85. The summed E-state index contributed by atoms with van der Waals surface area (Å²) in [5, 5.41) is 4.48. The largest absolute Gasteiger partial charge is 0.418 e. The van der Waals surface area contributed by atoms with E-state index in [9.17, 15) is 9.59 Å². The molecule has 0 aliphatic rings. The minimum atomic E-state index is -0.782. The second-order valence-corrected chi connectivity index (χ2v) is 4.62. The first kappa shape index (κ1) is 16.7. The maximum atomic E-state index is 11.7. The van der Waals surface area contributed by atoms with Crippen molar-refractivity contribution in [2.45, 2.75) is 33.7 Å². The minimum absolute atomic E-state index is 0.136. The number of hydrogen-bond acceptors (Lipinski definition) is 5. The first-order chi connectivity index (χ1) is 8.50. The highest BCUT2D eigenvalue weighted by Crippen LogP contribution is 2.20. The molecule has 0 fully saturated rings. The number of amides is 1. The molecule has 100 valence electrons. The van der Waals surface area contributed by atoms with Crippen molar-refractivity contribution in [1.29, 1.82) is 0 Å². The summed E-state index contributed by atoms with van der Waals surface area (Å²) in [5.74, 6) is -0.859. The second-order valence-electron chi connectivity index (χ2n) is 3.06. The number of nitrogens with one attached hydrogen (secondary N) is 1. The van der Waals surface area contributed by atoms with E-state index >= 15 is 0 Å². The molecule has 1 amide bonds. The highest BCUT2D eigenvalue weighted by Gasteiger charge is 2.24. The van der Waals surface area contributed by atoms with Gasteiger partial charge in [-0.2, -0.15) is 0 Å². The van der Waals surface area contributed by atoms with Crippen molar-refractivity contribution in [1.82, 2.24) is 5.32 Å². The van der Waals surface area contributed by atoms with Crippen LogP contribution >= 0.6 is 23.6 Å². The summed E-state index contributed by atoms with van der Waals surface area (Å²) < 4.78 is 4.82. The Morgan fingerprint density at radius 1 is 1.39 bits per heavy atom. The van der Waals surface area contributed by atoms with Gasteiger partial charge in [-0.3, -0.25) is 4.79 Å². The van der Waals surface area contributed by atoms with E-state index in [0.29, 0.717) is 0 Å². The maximum absolute atomic E-state index is 11.7. The number of carbonyl (C=O) groups is 2. The SMILES string of the molecule is CC.CC(=O)NC(C(=O)OC(C)=S)c1cccs1. The zero-order chi connectivity index (χ0) is 14.1. The smallest absolute Gasteiger partial charge is 0.340 e. The molecular weight excluding hydrogens is 270 g/mol. The van der Waals surface area contributed by atoms with Crippen molar-refractivity contribution in [2.75, 3.05) is 0 Å². The Labute approximate surface area is 116 Å². The summed E-state index contributed by atoms with van der Waals surface area (Å²) in [5.41, 5.74) is 0. The van der Waals surface area contributed by atoms with Crippen LogP contribution in [-0.2, 0) is 14.3 Å². The van der Waals surface area contributed by atoms with Gasteiger partial charge in [0.05, 0.1) is 0 Å². The molecule has 6 heteroatoms. The van der Waals surface area contributed by atoms with Crippen LogP contribution in [0.4, 0.5) is 0 Å². The minimum Gasteiger partial charge on any atom is -0.418 e. The van der Waals surface area contributed by atoms with Crippen LogP contribution in [0.25, 0.3) is 0 Å². The average Bonchev–Trinajstić information content (AvgIpc) is 2.80. The van der Waals surface area contributed by atoms with Gasteiger partial charge in [0, 0.05) is 18.7 Å². The third-order valence-corrected chi connectivity index (χ3v) is 2.68. The number of thiocarbonyl (C=S) groups is 1. The third-order valence-electron chi connectivity index (χ3n) is 1.66. The average molecular weight is 287 g/mol. The Kier molecular flexibility index (Phi) is 8.15. The molecule has 0 aliphatic heterocycles. The van der Waals surface area contributed by atoms with Gasteiger partial charge in [-0.25, -0.2) is 4.79 Å². The molecule has 0 saturated heterocycles. The van der Waals surface area contributed by atoms with Crippen LogP contribution in [0, 0.1) is 0 Å². The summed E-state index contributed by atoms with van der Waals surface area (Å²) >= 11 is 6.05. The van der Waals surface area contributed by atoms with Crippen LogP contribution in [0.2, 0.25) is 0 Å². The molecule has 1 atom stereocenters. The van der Waals surface area contributed by atoms with Crippen molar-refractivity contribution in [3.8, 4) is 0 Å². The van der Waals surface area contributed by atoms with E-state index in [1.807, 2.05) is 19.2 Å². The molecule has 1 heterocycles. The van der Waals surface area contributed by atoms with Crippen LogP contribution in [-0.4, -0.2) is 16.9 Å². The van der Waals surface area contributed by atoms with Crippen LogP contribution in [0.1, 0.15) is 38.6 Å². The van der Waals surface area contributed by atoms with Gasteiger partial charge in [-0.05, 0) is 23.7 Å². The number of esters is 1. The van der Waals surface area contributed by atoms with Gasteiger partial charge in [0.25, 0.3) is 0 Å². The quantitative estimate of drug-likeness (QED) is 0.686.